The van der Waals surface area contributed by atoms with Gasteiger partial charge in [-0.05, 0) is 41.8 Å². The Morgan fingerprint density at radius 3 is 2.86 bits per heavy atom. The molecule has 7 nitrogen and oxygen atoms in total. The first-order valence-corrected chi connectivity index (χ1v) is 6.98. The van der Waals surface area contributed by atoms with Crippen molar-refractivity contribution in [2.24, 2.45) is 0 Å². The highest BCUT2D eigenvalue weighted by Crippen LogP contribution is 2.35. The number of benzene rings is 1. The number of methoxy groups -OCH3 is 2. The number of hydrogen-bond donors (Lipinski definition) is 1. The molecule has 112 valence electrons. The molecule has 2 aromatic rings. The molecule has 1 aliphatic rings. The highest BCUT2D eigenvalue weighted by molar-refractivity contribution is 5.64. The van der Waals surface area contributed by atoms with E-state index in [1.54, 1.807) is 20.3 Å². The zero-order valence-corrected chi connectivity index (χ0v) is 12.2. The zero-order chi connectivity index (χ0) is 14.8. The summed E-state index contributed by atoms with van der Waals surface area (Å²) in [4.78, 5) is 0. The standard InChI is InChI=1S/C14H19N5O2/c1-20-11-7-9(6-10(15)8-11)14-16-17-18-19(14)12-4-3-5-13(12)21-2/h6-8,12-13H,3-5,15H2,1-2H3. The topological polar surface area (TPSA) is 88.1 Å². The van der Waals surface area contributed by atoms with E-state index in [1.807, 2.05) is 16.8 Å². The molecule has 0 spiro atoms. The van der Waals surface area contributed by atoms with Crippen LogP contribution in [-0.4, -0.2) is 40.5 Å². The second-order valence-corrected chi connectivity index (χ2v) is 5.21. The van der Waals surface area contributed by atoms with Crippen molar-refractivity contribution < 1.29 is 9.47 Å². The van der Waals surface area contributed by atoms with Crippen LogP contribution >= 0.6 is 0 Å². The lowest BCUT2D eigenvalue weighted by Gasteiger charge is -2.19. The van der Waals surface area contributed by atoms with E-state index in [-0.39, 0.29) is 12.1 Å². The van der Waals surface area contributed by atoms with Gasteiger partial charge in [0.05, 0.1) is 19.3 Å². The van der Waals surface area contributed by atoms with Crippen molar-refractivity contribution in [2.75, 3.05) is 20.0 Å². The van der Waals surface area contributed by atoms with Gasteiger partial charge < -0.3 is 15.2 Å². The maximum atomic E-state index is 5.92. The van der Waals surface area contributed by atoms with Gasteiger partial charge in [-0.1, -0.05) is 0 Å². The summed E-state index contributed by atoms with van der Waals surface area (Å²) in [7, 11) is 3.34. The van der Waals surface area contributed by atoms with Crippen molar-refractivity contribution in [3.8, 4) is 17.1 Å². The molecule has 0 saturated heterocycles. The van der Waals surface area contributed by atoms with Crippen molar-refractivity contribution in [2.45, 2.75) is 31.4 Å². The fourth-order valence-electron chi connectivity index (χ4n) is 2.94. The van der Waals surface area contributed by atoms with Crippen LogP contribution in [-0.2, 0) is 4.74 Å². The number of anilines is 1. The van der Waals surface area contributed by atoms with Crippen LogP contribution < -0.4 is 10.5 Å². The Hall–Kier alpha value is -2.15. The highest BCUT2D eigenvalue weighted by Gasteiger charge is 2.31. The molecule has 0 radical (unpaired) electrons. The molecule has 3 rings (SSSR count). The minimum atomic E-state index is 0.148. The normalized spacial score (nSPS) is 21.6. The van der Waals surface area contributed by atoms with Crippen LogP contribution in [0.1, 0.15) is 25.3 Å². The van der Waals surface area contributed by atoms with E-state index < -0.39 is 0 Å². The van der Waals surface area contributed by atoms with Crippen molar-refractivity contribution >= 4 is 5.69 Å². The Morgan fingerprint density at radius 2 is 2.10 bits per heavy atom. The minimum absolute atomic E-state index is 0.148. The lowest BCUT2D eigenvalue weighted by Crippen LogP contribution is -2.22. The van der Waals surface area contributed by atoms with E-state index in [0.717, 1.165) is 24.8 Å². The van der Waals surface area contributed by atoms with Gasteiger partial charge in [-0.25, -0.2) is 4.68 Å². The van der Waals surface area contributed by atoms with Crippen LogP contribution in [0.2, 0.25) is 0 Å². The number of rotatable bonds is 4. The van der Waals surface area contributed by atoms with E-state index in [4.69, 9.17) is 15.2 Å². The molecule has 0 aliphatic heterocycles. The van der Waals surface area contributed by atoms with Crippen molar-refractivity contribution in [1.29, 1.82) is 0 Å². The summed E-state index contributed by atoms with van der Waals surface area (Å²) in [5.41, 5.74) is 7.38. The summed E-state index contributed by atoms with van der Waals surface area (Å²) in [6.07, 6.45) is 3.30. The van der Waals surface area contributed by atoms with Crippen LogP contribution in [0.25, 0.3) is 11.4 Å². The summed E-state index contributed by atoms with van der Waals surface area (Å²) in [6.45, 7) is 0. The smallest absolute Gasteiger partial charge is 0.182 e. The van der Waals surface area contributed by atoms with Gasteiger partial charge in [-0.15, -0.1) is 5.10 Å². The third-order valence-electron chi connectivity index (χ3n) is 3.95. The molecule has 1 aromatic carbocycles. The van der Waals surface area contributed by atoms with Gasteiger partial charge in [0, 0.05) is 24.4 Å². The van der Waals surface area contributed by atoms with E-state index in [0.29, 0.717) is 17.3 Å². The van der Waals surface area contributed by atoms with Crippen LogP contribution in [0, 0.1) is 0 Å². The first-order valence-electron chi connectivity index (χ1n) is 6.98. The monoisotopic (exact) mass is 289 g/mol. The second-order valence-electron chi connectivity index (χ2n) is 5.21. The maximum absolute atomic E-state index is 5.92. The van der Waals surface area contributed by atoms with Crippen molar-refractivity contribution in [1.82, 2.24) is 20.2 Å². The Bertz CT molecular complexity index is 628. The largest absolute Gasteiger partial charge is 0.497 e. The zero-order valence-electron chi connectivity index (χ0n) is 12.2. The quantitative estimate of drug-likeness (QED) is 0.861. The summed E-state index contributed by atoms with van der Waals surface area (Å²) in [5.74, 6) is 1.38. The lowest BCUT2D eigenvalue weighted by atomic mass is 10.1. The van der Waals surface area contributed by atoms with Crippen LogP contribution in [0.4, 0.5) is 5.69 Å². The van der Waals surface area contributed by atoms with E-state index in [1.165, 1.54) is 0 Å². The number of tetrazole rings is 1. The predicted octanol–water partition coefficient (Wildman–Crippen LogP) is 1.67. The van der Waals surface area contributed by atoms with E-state index in [9.17, 15) is 0 Å². The molecular weight excluding hydrogens is 270 g/mol. The van der Waals surface area contributed by atoms with Crippen LogP contribution in [0.15, 0.2) is 18.2 Å². The molecule has 2 N–H and O–H groups in total. The van der Waals surface area contributed by atoms with E-state index >= 15 is 0 Å². The molecule has 1 aliphatic carbocycles. The predicted molar refractivity (Wildman–Crippen MR) is 77.9 cm³/mol. The first kappa shape index (κ1) is 13.8. The number of nitrogens with two attached hydrogens (primary N) is 1. The average molecular weight is 289 g/mol. The summed E-state index contributed by atoms with van der Waals surface area (Å²) in [6, 6.07) is 5.66. The molecular formula is C14H19N5O2. The molecule has 1 saturated carbocycles. The molecule has 1 aromatic heterocycles. The molecule has 2 atom stereocenters. The molecule has 1 heterocycles. The Morgan fingerprint density at radius 1 is 1.24 bits per heavy atom. The average Bonchev–Trinajstić information content (AvgIpc) is 3.14. The number of aromatic nitrogens is 4. The molecule has 2 unspecified atom stereocenters. The van der Waals surface area contributed by atoms with Gasteiger partial charge in [0.25, 0.3) is 0 Å². The SMILES string of the molecule is COc1cc(N)cc(-c2nnnn2C2CCCC2OC)c1. The second kappa shape index (κ2) is 5.69. The van der Waals surface area contributed by atoms with Gasteiger partial charge in [0.2, 0.25) is 0 Å². The summed E-state index contributed by atoms with van der Waals surface area (Å²) >= 11 is 0. The van der Waals surface area contributed by atoms with Crippen molar-refractivity contribution in [3.05, 3.63) is 18.2 Å². The van der Waals surface area contributed by atoms with Crippen LogP contribution in [0.5, 0.6) is 5.75 Å². The number of nitrogen functional groups attached to an aromatic ring is 1. The minimum Gasteiger partial charge on any atom is -0.497 e. The summed E-state index contributed by atoms with van der Waals surface area (Å²) in [5, 5.41) is 12.1. The molecule has 1 fully saturated rings. The Balaban J connectivity index is 2.01. The maximum Gasteiger partial charge on any atom is 0.182 e. The highest BCUT2D eigenvalue weighted by atomic mass is 16.5. The number of nitrogens with zero attached hydrogens (tertiary/aromatic N) is 4. The van der Waals surface area contributed by atoms with Gasteiger partial charge in [0.15, 0.2) is 5.82 Å². The Labute approximate surface area is 123 Å². The molecule has 21 heavy (non-hydrogen) atoms. The Kier molecular flexibility index (Phi) is 3.74. The molecule has 0 amide bonds. The van der Waals surface area contributed by atoms with Crippen molar-refractivity contribution in [3.63, 3.8) is 0 Å². The third-order valence-corrected chi connectivity index (χ3v) is 3.95. The fraction of sp³-hybridized carbons (Fsp3) is 0.500. The number of hydrogen-bond acceptors (Lipinski definition) is 6. The van der Waals surface area contributed by atoms with E-state index in [2.05, 4.69) is 15.5 Å². The van der Waals surface area contributed by atoms with Gasteiger partial charge in [-0.2, -0.15) is 0 Å². The van der Waals surface area contributed by atoms with Gasteiger partial charge in [-0.3, -0.25) is 0 Å². The lowest BCUT2D eigenvalue weighted by molar-refractivity contribution is 0.0708. The summed E-state index contributed by atoms with van der Waals surface area (Å²) < 4.78 is 12.6. The first-order chi connectivity index (χ1) is 10.2. The van der Waals surface area contributed by atoms with Crippen LogP contribution in [0.3, 0.4) is 0 Å². The fourth-order valence-corrected chi connectivity index (χ4v) is 2.94. The molecule has 0 bridgehead atoms. The van der Waals surface area contributed by atoms with Gasteiger partial charge in [0.1, 0.15) is 5.75 Å². The third kappa shape index (κ3) is 2.56. The van der Waals surface area contributed by atoms with Gasteiger partial charge >= 0.3 is 0 Å². The molecule has 7 heteroatoms. The number of ether oxygens (including phenoxy) is 2.